The lowest BCUT2D eigenvalue weighted by Crippen LogP contribution is -2.47. The average molecular weight is 408 g/mol. The molecule has 0 fully saturated rings. The van der Waals surface area contributed by atoms with Crippen molar-refractivity contribution in [3.63, 3.8) is 0 Å². The summed E-state index contributed by atoms with van der Waals surface area (Å²) < 4.78 is 24.5. The third-order valence-electron chi connectivity index (χ3n) is 4.17. The maximum absolute atomic E-state index is 13.6. The van der Waals surface area contributed by atoms with Gasteiger partial charge in [-0.05, 0) is 48.9 Å². The van der Waals surface area contributed by atoms with Gasteiger partial charge in [-0.1, -0.05) is 42.5 Å². The number of hydrazine groups is 1. The van der Waals surface area contributed by atoms with Crippen LogP contribution in [0.15, 0.2) is 78.9 Å². The lowest BCUT2D eigenvalue weighted by atomic mass is 10.1. The lowest BCUT2D eigenvalue weighted by molar-refractivity contribution is -0.128. The molecule has 0 bridgehead atoms. The van der Waals surface area contributed by atoms with Crippen molar-refractivity contribution in [1.29, 1.82) is 0 Å². The molecule has 1 unspecified atom stereocenters. The molecular formula is C23H21FN2O4. The minimum absolute atomic E-state index is 0.0419. The Bertz CT molecular complexity index is 994. The van der Waals surface area contributed by atoms with Crippen molar-refractivity contribution in [2.75, 3.05) is 0 Å². The maximum atomic E-state index is 13.6. The highest BCUT2D eigenvalue weighted by atomic mass is 19.1. The summed E-state index contributed by atoms with van der Waals surface area (Å²) in [7, 11) is 0. The molecule has 0 aliphatic heterocycles. The minimum atomic E-state index is -1.00. The average Bonchev–Trinajstić information content (AvgIpc) is 2.78. The predicted octanol–water partition coefficient (Wildman–Crippen LogP) is 3.63. The zero-order valence-corrected chi connectivity index (χ0v) is 16.3. The molecule has 0 radical (unpaired) electrons. The Morgan fingerprint density at radius 1 is 0.900 bits per heavy atom. The van der Waals surface area contributed by atoms with E-state index >= 15 is 0 Å². The van der Waals surface area contributed by atoms with Gasteiger partial charge in [-0.15, -0.1) is 0 Å². The first-order valence-corrected chi connectivity index (χ1v) is 9.31. The molecule has 7 heteroatoms. The fourth-order valence-electron chi connectivity index (χ4n) is 2.51. The number of para-hydroxylation sites is 2. The van der Waals surface area contributed by atoms with Gasteiger partial charge in [0.2, 0.25) is 0 Å². The third kappa shape index (κ3) is 5.81. The zero-order valence-electron chi connectivity index (χ0n) is 16.3. The highest BCUT2D eigenvalue weighted by Crippen LogP contribution is 2.17. The minimum Gasteiger partial charge on any atom is -0.489 e. The molecule has 154 valence electrons. The van der Waals surface area contributed by atoms with Gasteiger partial charge in [0.25, 0.3) is 11.8 Å². The van der Waals surface area contributed by atoms with Gasteiger partial charge >= 0.3 is 0 Å². The van der Waals surface area contributed by atoms with Crippen LogP contribution in [0.4, 0.5) is 4.39 Å². The lowest BCUT2D eigenvalue weighted by Gasteiger charge is -2.15. The van der Waals surface area contributed by atoms with E-state index in [0.29, 0.717) is 12.2 Å². The number of carbonyl (C=O) groups is 2. The first-order valence-electron chi connectivity index (χ1n) is 9.31. The van der Waals surface area contributed by atoms with E-state index in [1.54, 1.807) is 30.3 Å². The largest absolute Gasteiger partial charge is 0.489 e. The Hall–Kier alpha value is -3.87. The topological polar surface area (TPSA) is 76.7 Å². The summed E-state index contributed by atoms with van der Waals surface area (Å²) in [6, 6.07) is 22.0. The molecule has 3 aromatic carbocycles. The number of carbonyl (C=O) groups excluding carboxylic acids is 2. The van der Waals surface area contributed by atoms with Crippen molar-refractivity contribution < 1.29 is 23.5 Å². The fraction of sp³-hybridized carbons (Fsp3) is 0.130. The predicted molar refractivity (Wildman–Crippen MR) is 109 cm³/mol. The molecule has 30 heavy (non-hydrogen) atoms. The Morgan fingerprint density at radius 2 is 1.57 bits per heavy atom. The number of nitrogens with one attached hydrogen (secondary N) is 2. The van der Waals surface area contributed by atoms with E-state index in [-0.39, 0.29) is 5.75 Å². The van der Waals surface area contributed by atoms with Gasteiger partial charge in [0.1, 0.15) is 12.4 Å². The summed E-state index contributed by atoms with van der Waals surface area (Å²) in [6.07, 6.45) is -1.00. The molecular weight excluding hydrogens is 387 g/mol. The van der Waals surface area contributed by atoms with Gasteiger partial charge in [-0.2, -0.15) is 0 Å². The third-order valence-corrected chi connectivity index (χ3v) is 4.17. The number of rotatable bonds is 7. The van der Waals surface area contributed by atoms with E-state index in [1.165, 1.54) is 25.1 Å². The Morgan fingerprint density at radius 3 is 2.27 bits per heavy atom. The normalized spacial score (nSPS) is 11.3. The first-order chi connectivity index (χ1) is 14.5. The van der Waals surface area contributed by atoms with Crippen molar-refractivity contribution >= 4 is 11.8 Å². The summed E-state index contributed by atoms with van der Waals surface area (Å²) in [5.41, 5.74) is 5.84. The van der Waals surface area contributed by atoms with E-state index < -0.39 is 23.7 Å². The van der Waals surface area contributed by atoms with Crippen LogP contribution >= 0.6 is 0 Å². The SMILES string of the molecule is CC(Oc1ccccc1F)C(=O)NNC(=O)c1ccc(COc2ccccc2)cc1. The summed E-state index contributed by atoms with van der Waals surface area (Å²) in [5, 5.41) is 0. The number of amides is 2. The van der Waals surface area contributed by atoms with E-state index in [0.717, 1.165) is 11.3 Å². The molecule has 1 atom stereocenters. The second-order valence-corrected chi connectivity index (χ2v) is 6.43. The Balaban J connectivity index is 1.47. The molecule has 3 aromatic rings. The second kappa shape index (κ2) is 10.1. The van der Waals surface area contributed by atoms with Gasteiger partial charge in [-0.25, -0.2) is 4.39 Å². The van der Waals surface area contributed by atoms with Crippen molar-refractivity contribution in [1.82, 2.24) is 10.9 Å². The summed E-state index contributed by atoms with van der Waals surface area (Å²) in [6.45, 7) is 1.82. The van der Waals surface area contributed by atoms with E-state index in [4.69, 9.17) is 9.47 Å². The molecule has 0 saturated heterocycles. The van der Waals surface area contributed by atoms with Crippen LogP contribution in [0.25, 0.3) is 0 Å². The number of hydrogen-bond acceptors (Lipinski definition) is 4. The van der Waals surface area contributed by atoms with Crippen LogP contribution in [0.5, 0.6) is 11.5 Å². The van der Waals surface area contributed by atoms with Crippen LogP contribution in [0.3, 0.4) is 0 Å². The highest BCUT2D eigenvalue weighted by Gasteiger charge is 2.17. The number of ether oxygens (including phenoxy) is 2. The Labute approximate surface area is 173 Å². The molecule has 2 N–H and O–H groups in total. The number of halogens is 1. The van der Waals surface area contributed by atoms with Gasteiger partial charge in [0, 0.05) is 5.56 Å². The fourth-order valence-corrected chi connectivity index (χ4v) is 2.51. The summed E-state index contributed by atoms with van der Waals surface area (Å²) in [5.74, 6) is -0.956. The van der Waals surface area contributed by atoms with E-state index in [1.807, 2.05) is 30.3 Å². The van der Waals surface area contributed by atoms with Crippen LogP contribution in [0.1, 0.15) is 22.8 Å². The summed E-state index contributed by atoms with van der Waals surface area (Å²) >= 11 is 0. The standard InChI is InChI=1S/C23H21FN2O4/c1-16(30-21-10-6-5-9-20(21)24)22(27)25-26-23(28)18-13-11-17(12-14-18)15-29-19-7-3-2-4-8-19/h2-14,16H,15H2,1H3,(H,25,27)(H,26,28). The van der Waals surface area contributed by atoms with Crippen LogP contribution < -0.4 is 20.3 Å². The van der Waals surface area contributed by atoms with Crippen molar-refractivity contribution in [3.8, 4) is 11.5 Å². The molecule has 2 amide bonds. The van der Waals surface area contributed by atoms with Crippen LogP contribution in [-0.4, -0.2) is 17.9 Å². The monoisotopic (exact) mass is 408 g/mol. The first kappa shape index (κ1) is 20.9. The molecule has 0 heterocycles. The van der Waals surface area contributed by atoms with Gasteiger partial charge in [0.05, 0.1) is 0 Å². The summed E-state index contributed by atoms with van der Waals surface area (Å²) in [4.78, 5) is 24.3. The molecule has 0 aliphatic carbocycles. The Kier molecular flexibility index (Phi) is 7.00. The zero-order chi connectivity index (χ0) is 21.3. The van der Waals surface area contributed by atoms with Crippen molar-refractivity contribution in [3.05, 3.63) is 95.8 Å². The van der Waals surface area contributed by atoms with Gasteiger partial charge < -0.3 is 9.47 Å². The smallest absolute Gasteiger partial charge is 0.279 e. The van der Waals surface area contributed by atoms with Gasteiger partial charge in [-0.3, -0.25) is 20.4 Å². The van der Waals surface area contributed by atoms with Crippen LogP contribution in [0.2, 0.25) is 0 Å². The highest BCUT2D eigenvalue weighted by molar-refractivity contribution is 5.95. The van der Waals surface area contributed by atoms with Crippen LogP contribution in [0, 0.1) is 5.82 Å². The van der Waals surface area contributed by atoms with Crippen molar-refractivity contribution in [2.45, 2.75) is 19.6 Å². The molecule has 0 aliphatic rings. The maximum Gasteiger partial charge on any atom is 0.279 e. The quantitative estimate of drug-likeness (QED) is 0.586. The second-order valence-electron chi connectivity index (χ2n) is 6.43. The number of hydrogen-bond donors (Lipinski definition) is 2. The molecule has 3 rings (SSSR count). The van der Waals surface area contributed by atoms with E-state index in [9.17, 15) is 14.0 Å². The molecule has 0 saturated carbocycles. The van der Waals surface area contributed by atoms with Gasteiger partial charge in [0.15, 0.2) is 17.7 Å². The van der Waals surface area contributed by atoms with Crippen LogP contribution in [-0.2, 0) is 11.4 Å². The van der Waals surface area contributed by atoms with Crippen molar-refractivity contribution in [2.24, 2.45) is 0 Å². The molecule has 6 nitrogen and oxygen atoms in total. The number of benzene rings is 3. The molecule has 0 spiro atoms. The van der Waals surface area contributed by atoms with E-state index in [2.05, 4.69) is 10.9 Å². The molecule has 0 aromatic heterocycles.